The molecule has 1 aliphatic carbocycles. The van der Waals surface area contributed by atoms with Gasteiger partial charge in [0.1, 0.15) is 11.0 Å². The van der Waals surface area contributed by atoms with Crippen LogP contribution >= 0.6 is 11.3 Å². The first-order valence-corrected chi connectivity index (χ1v) is 11.4. The third kappa shape index (κ3) is 3.78. The van der Waals surface area contributed by atoms with E-state index in [4.69, 9.17) is 4.74 Å². The Bertz CT molecular complexity index is 1220. The number of para-hydroxylation sites is 1. The topological polar surface area (TPSA) is 77.4 Å². The van der Waals surface area contributed by atoms with Gasteiger partial charge in [0.2, 0.25) is 5.91 Å². The molecule has 0 bridgehead atoms. The maximum Gasteiger partial charge on any atom is 0.341 e. The van der Waals surface area contributed by atoms with Gasteiger partial charge >= 0.3 is 5.97 Å². The number of carbonyl (C=O) groups is 2. The highest BCUT2D eigenvalue weighted by Gasteiger charge is 2.29. The third-order valence-corrected chi connectivity index (χ3v) is 7.17. The molecule has 1 amide bonds. The second-order valence-corrected chi connectivity index (χ2v) is 8.98. The van der Waals surface area contributed by atoms with Gasteiger partial charge in [0.05, 0.1) is 18.2 Å². The van der Waals surface area contributed by atoms with Crippen LogP contribution in [0.1, 0.15) is 58.6 Å². The van der Waals surface area contributed by atoms with Crippen LogP contribution in [0.3, 0.4) is 0 Å². The molecule has 6 nitrogen and oxygen atoms in total. The molecule has 0 saturated carbocycles. The minimum absolute atomic E-state index is 0.211. The number of thiophene rings is 1. The number of pyridine rings is 1. The average Bonchev–Trinajstić information content (AvgIpc) is 3.13. The van der Waals surface area contributed by atoms with Crippen molar-refractivity contribution in [2.75, 3.05) is 12.4 Å². The van der Waals surface area contributed by atoms with Crippen molar-refractivity contribution in [1.82, 2.24) is 4.57 Å². The summed E-state index contributed by atoms with van der Waals surface area (Å²) in [4.78, 5) is 39.9. The first-order chi connectivity index (χ1) is 15.0. The van der Waals surface area contributed by atoms with E-state index in [2.05, 4.69) is 5.32 Å². The zero-order chi connectivity index (χ0) is 22.1. The molecule has 1 N–H and O–H groups in total. The third-order valence-electron chi connectivity index (χ3n) is 5.96. The summed E-state index contributed by atoms with van der Waals surface area (Å²) in [6, 6.07) is 8.48. The molecule has 7 heteroatoms. The Hall–Kier alpha value is -2.93. The summed E-state index contributed by atoms with van der Waals surface area (Å²) in [6.45, 7) is 3.78. The van der Waals surface area contributed by atoms with Gasteiger partial charge in [0.25, 0.3) is 5.56 Å². The van der Waals surface area contributed by atoms with Crippen LogP contribution in [0.25, 0.3) is 10.9 Å². The standard InChI is InChI=1S/C24H26N2O4S/c1-4-17(26-18-11-7-5-9-15(18)14(2)13-20(26)27)22(28)25-23-21(24(29)30-3)16-10-6-8-12-19(16)31-23/h5,7,9,11,13,17H,4,6,8,10,12H2,1-3H3,(H,25,28). The number of nitrogens with zero attached hydrogens (tertiary/aromatic N) is 1. The van der Waals surface area contributed by atoms with Gasteiger partial charge in [-0.05, 0) is 56.2 Å². The lowest BCUT2D eigenvalue weighted by Crippen LogP contribution is -2.33. The highest BCUT2D eigenvalue weighted by atomic mass is 32.1. The number of ether oxygens (including phenoxy) is 1. The van der Waals surface area contributed by atoms with E-state index in [1.807, 2.05) is 38.1 Å². The molecule has 1 unspecified atom stereocenters. The lowest BCUT2D eigenvalue weighted by molar-refractivity contribution is -0.119. The molecule has 0 spiro atoms. The second-order valence-electron chi connectivity index (χ2n) is 7.87. The zero-order valence-corrected chi connectivity index (χ0v) is 18.8. The number of aryl methyl sites for hydroxylation is 2. The summed E-state index contributed by atoms with van der Waals surface area (Å²) in [5.41, 5.74) is 2.85. The van der Waals surface area contributed by atoms with Crippen LogP contribution < -0.4 is 10.9 Å². The van der Waals surface area contributed by atoms with Crippen molar-refractivity contribution in [2.45, 2.75) is 52.0 Å². The monoisotopic (exact) mass is 438 g/mol. The fraction of sp³-hybridized carbons (Fsp3) is 0.375. The van der Waals surface area contributed by atoms with Crippen LogP contribution in [0, 0.1) is 6.92 Å². The fourth-order valence-corrected chi connectivity index (χ4v) is 5.72. The van der Waals surface area contributed by atoms with Gasteiger partial charge in [-0.15, -0.1) is 11.3 Å². The number of anilines is 1. The summed E-state index contributed by atoms with van der Waals surface area (Å²) < 4.78 is 6.56. The Kier molecular flexibility index (Phi) is 5.96. The largest absolute Gasteiger partial charge is 0.465 e. The van der Waals surface area contributed by atoms with Gasteiger partial charge in [-0.1, -0.05) is 25.1 Å². The number of fused-ring (bicyclic) bond motifs is 2. The maximum atomic E-state index is 13.4. The Morgan fingerprint density at radius 2 is 1.97 bits per heavy atom. The number of nitrogens with one attached hydrogen (secondary N) is 1. The Balaban J connectivity index is 1.76. The molecular formula is C24H26N2O4S. The molecule has 162 valence electrons. The Morgan fingerprint density at radius 1 is 1.23 bits per heavy atom. The molecule has 1 atom stereocenters. The molecule has 0 fully saturated rings. The van der Waals surface area contributed by atoms with Crippen molar-refractivity contribution in [3.8, 4) is 0 Å². The Labute approximate surface area is 184 Å². The number of methoxy groups -OCH3 is 1. The molecule has 4 rings (SSSR count). The van der Waals surface area contributed by atoms with Crippen LogP contribution in [0.2, 0.25) is 0 Å². The van der Waals surface area contributed by atoms with E-state index < -0.39 is 12.0 Å². The number of carbonyl (C=O) groups excluding carboxylic acids is 2. The summed E-state index contributed by atoms with van der Waals surface area (Å²) in [6.07, 6.45) is 4.25. The highest BCUT2D eigenvalue weighted by molar-refractivity contribution is 7.17. The van der Waals surface area contributed by atoms with E-state index in [1.165, 1.54) is 18.4 Å². The van der Waals surface area contributed by atoms with Crippen molar-refractivity contribution in [3.05, 3.63) is 62.3 Å². The van der Waals surface area contributed by atoms with E-state index in [0.29, 0.717) is 17.0 Å². The highest BCUT2D eigenvalue weighted by Crippen LogP contribution is 2.39. The van der Waals surface area contributed by atoms with Crippen LogP contribution in [0.4, 0.5) is 5.00 Å². The quantitative estimate of drug-likeness (QED) is 0.590. The van der Waals surface area contributed by atoms with Crippen LogP contribution in [-0.4, -0.2) is 23.6 Å². The summed E-state index contributed by atoms with van der Waals surface area (Å²) >= 11 is 1.45. The summed E-state index contributed by atoms with van der Waals surface area (Å²) in [5, 5.41) is 4.42. The number of esters is 1. The SMILES string of the molecule is CCC(C(=O)Nc1sc2c(c1C(=O)OC)CCCC2)n1c(=O)cc(C)c2ccccc21. The van der Waals surface area contributed by atoms with E-state index >= 15 is 0 Å². The average molecular weight is 439 g/mol. The lowest BCUT2D eigenvalue weighted by atomic mass is 9.95. The van der Waals surface area contributed by atoms with Gasteiger partial charge in [-0.3, -0.25) is 14.2 Å². The minimum atomic E-state index is -0.692. The van der Waals surface area contributed by atoms with Crippen LogP contribution in [0.5, 0.6) is 0 Å². The smallest absolute Gasteiger partial charge is 0.341 e. The molecule has 1 aliphatic rings. The number of rotatable bonds is 5. The van der Waals surface area contributed by atoms with Gasteiger partial charge in [-0.25, -0.2) is 4.79 Å². The minimum Gasteiger partial charge on any atom is -0.465 e. The lowest BCUT2D eigenvalue weighted by Gasteiger charge is -2.21. The molecular weight excluding hydrogens is 412 g/mol. The second kappa shape index (κ2) is 8.67. The predicted molar refractivity (Wildman–Crippen MR) is 123 cm³/mol. The molecule has 0 aliphatic heterocycles. The number of benzene rings is 1. The zero-order valence-electron chi connectivity index (χ0n) is 18.0. The first kappa shape index (κ1) is 21.3. The van der Waals surface area contributed by atoms with E-state index in [1.54, 1.807) is 10.6 Å². The van der Waals surface area contributed by atoms with Gasteiger partial charge in [-0.2, -0.15) is 0 Å². The molecule has 2 aromatic heterocycles. The summed E-state index contributed by atoms with van der Waals surface area (Å²) in [5.74, 6) is -0.733. The Morgan fingerprint density at radius 3 is 2.71 bits per heavy atom. The predicted octanol–water partition coefficient (Wildman–Crippen LogP) is 4.63. The van der Waals surface area contributed by atoms with E-state index in [0.717, 1.165) is 52.6 Å². The number of aromatic nitrogens is 1. The molecule has 0 radical (unpaired) electrons. The molecule has 1 aromatic carbocycles. The number of amides is 1. The van der Waals surface area contributed by atoms with Gasteiger partial charge in [0.15, 0.2) is 0 Å². The van der Waals surface area contributed by atoms with Crippen LogP contribution in [-0.2, 0) is 22.4 Å². The fourth-order valence-electron chi connectivity index (χ4n) is 4.44. The van der Waals surface area contributed by atoms with Crippen molar-refractivity contribution >= 4 is 39.1 Å². The van der Waals surface area contributed by atoms with Crippen molar-refractivity contribution in [3.63, 3.8) is 0 Å². The molecule has 3 aromatic rings. The van der Waals surface area contributed by atoms with E-state index in [9.17, 15) is 14.4 Å². The van der Waals surface area contributed by atoms with Crippen molar-refractivity contribution < 1.29 is 14.3 Å². The normalized spacial score (nSPS) is 14.2. The number of hydrogen-bond donors (Lipinski definition) is 1. The van der Waals surface area contributed by atoms with Gasteiger partial charge in [0, 0.05) is 16.3 Å². The molecule has 2 heterocycles. The first-order valence-electron chi connectivity index (χ1n) is 10.6. The molecule has 31 heavy (non-hydrogen) atoms. The van der Waals surface area contributed by atoms with E-state index in [-0.39, 0.29) is 11.5 Å². The number of hydrogen-bond acceptors (Lipinski definition) is 5. The molecule has 0 saturated heterocycles. The van der Waals surface area contributed by atoms with Crippen molar-refractivity contribution in [1.29, 1.82) is 0 Å². The van der Waals surface area contributed by atoms with Gasteiger partial charge < -0.3 is 10.1 Å². The maximum absolute atomic E-state index is 13.4. The van der Waals surface area contributed by atoms with Crippen LogP contribution in [0.15, 0.2) is 35.1 Å². The van der Waals surface area contributed by atoms with Crippen molar-refractivity contribution in [2.24, 2.45) is 0 Å². The summed E-state index contributed by atoms with van der Waals surface area (Å²) in [7, 11) is 1.35.